The van der Waals surface area contributed by atoms with E-state index in [1.165, 1.54) is 0 Å². The molecule has 18 heavy (non-hydrogen) atoms. The second kappa shape index (κ2) is 12.1. The molecule has 0 heterocycles. The highest BCUT2D eigenvalue weighted by Crippen LogP contribution is 1.91. The lowest BCUT2D eigenvalue weighted by Gasteiger charge is -2.24. The molecule has 0 aliphatic carbocycles. The van der Waals surface area contributed by atoms with Crippen molar-refractivity contribution in [3.8, 4) is 0 Å². The molecule has 0 N–H and O–H groups in total. The number of hydrogen-bond acceptors (Lipinski definition) is 2. The maximum absolute atomic E-state index is 5.50. The topological polar surface area (TPSA) is 18.5 Å². The molecule has 114 valence electrons. The van der Waals surface area contributed by atoms with Crippen LogP contribution >= 0.6 is 0 Å². The fourth-order valence-electron chi connectivity index (χ4n) is 0.999. The molecular weight excluding hydrogens is 458 g/mol. The van der Waals surface area contributed by atoms with Crippen LogP contribution < -0.4 is 48.0 Å². The zero-order chi connectivity index (χ0) is 12.7. The third-order valence-corrected chi connectivity index (χ3v) is 2.18. The van der Waals surface area contributed by atoms with Gasteiger partial charge in [0.1, 0.15) is 13.1 Å². The molecule has 0 spiro atoms. The third-order valence-electron chi connectivity index (χ3n) is 2.18. The van der Waals surface area contributed by atoms with E-state index in [1.807, 2.05) is 0 Å². The average Bonchev–Trinajstić information content (AvgIpc) is 2.06. The van der Waals surface area contributed by atoms with Crippen LogP contribution in [0.5, 0.6) is 0 Å². The zero-order valence-corrected chi connectivity index (χ0v) is 17.0. The fourth-order valence-corrected chi connectivity index (χ4v) is 0.999. The van der Waals surface area contributed by atoms with Gasteiger partial charge in [-0.2, -0.15) is 0 Å². The number of halogens is 2. The van der Waals surface area contributed by atoms with E-state index in [0.717, 1.165) is 35.3 Å². The van der Waals surface area contributed by atoms with Crippen LogP contribution in [-0.4, -0.2) is 90.8 Å². The SMILES string of the molecule is C[N+](C)(C)CCOCCOCC[N+](C)(C)C.[I-].[I-]. The van der Waals surface area contributed by atoms with Crippen LogP contribution in [-0.2, 0) is 9.47 Å². The van der Waals surface area contributed by atoms with Crippen LogP contribution in [0.15, 0.2) is 0 Å². The van der Waals surface area contributed by atoms with E-state index in [-0.39, 0.29) is 48.0 Å². The van der Waals surface area contributed by atoms with Gasteiger partial charge in [0.2, 0.25) is 0 Å². The normalized spacial score (nSPS) is 11.7. The fraction of sp³-hybridized carbons (Fsp3) is 1.00. The zero-order valence-electron chi connectivity index (χ0n) is 12.7. The van der Waals surface area contributed by atoms with Crippen LogP contribution in [0, 0.1) is 0 Å². The summed E-state index contributed by atoms with van der Waals surface area (Å²) in [6, 6.07) is 0. The standard InChI is InChI=1S/C12H30N2O2.2HI/c1-13(2,3)7-9-15-11-12-16-10-8-14(4,5)6;;/h7-12H2,1-6H3;2*1H/q+2;;/p-2. The summed E-state index contributed by atoms with van der Waals surface area (Å²) in [6.07, 6.45) is 0. The number of quaternary nitrogens is 2. The Hall–Kier alpha value is 1.30. The molecule has 0 radical (unpaired) electrons. The molecule has 0 atom stereocenters. The predicted molar refractivity (Wildman–Crippen MR) is 67.4 cm³/mol. The van der Waals surface area contributed by atoms with E-state index in [4.69, 9.17) is 9.47 Å². The molecule has 4 nitrogen and oxygen atoms in total. The van der Waals surface area contributed by atoms with E-state index < -0.39 is 0 Å². The van der Waals surface area contributed by atoms with Gasteiger partial charge in [-0.15, -0.1) is 0 Å². The molecule has 0 saturated carbocycles. The lowest BCUT2D eigenvalue weighted by Crippen LogP contribution is -3.00. The molecule has 0 aliphatic heterocycles. The van der Waals surface area contributed by atoms with Crippen LogP contribution in [0.4, 0.5) is 0 Å². The van der Waals surface area contributed by atoms with Crippen LogP contribution in [0.1, 0.15) is 0 Å². The number of likely N-dealkylation sites (N-methyl/N-ethyl adjacent to an activating group) is 2. The van der Waals surface area contributed by atoms with Gasteiger partial charge in [0.25, 0.3) is 0 Å². The summed E-state index contributed by atoms with van der Waals surface area (Å²) in [7, 11) is 13.0. The lowest BCUT2D eigenvalue weighted by atomic mass is 10.5. The second-order valence-corrected chi connectivity index (χ2v) is 6.25. The van der Waals surface area contributed by atoms with E-state index in [2.05, 4.69) is 42.3 Å². The average molecular weight is 488 g/mol. The first-order chi connectivity index (χ1) is 7.21. The first-order valence-corrected chi connectivity index (χ1v) is 5.97. The van der Waals surface area contributed by atoms with E-state index >= 15 is 0 Å². The smallest absolute Gasteiger partial charge is 0.102 e. The minimum atomic E-state index is 0. The van der Waals surface area contributed by atoms with Crippen LogP contribution in [0.3, 0.4) is 0 Å². The lowest BCUT2D eigenvalue weighted by molar-refractivity contribution is -0.871. The van der Waals surface area contributed by atoms with Gasteiger partial charge < -0.3 is 66.4 Å². The van der Waals surface area contributed by atoms with Gasteiger partial charge in [-0.05, 0) is 0 Å². The molecular formula is C12H30I2N2O2. The van der Waals surface area contributed by atoms with Gasteiger partial charge in [0.05, 0.1) is 68.7 Å². The Bertz CT molecular complexity index is 160. The highest BCUT2D eigenvalue weighted by molar-refractivity contribution is 4.33. The second-order valence-electron chi connectivity index (χ2n) is 6.25. The summed E-state index contributed by atoms with van der Waals surface area (Å²) in [4.78, 5) is 0. The molecule has 0 bridgehead atoms. The van der Waals surface area contributed by atoms with Crippen LogP contribution in [0.25, 0.3) is 0 Å². The molecule has 0 unspecified atom stereocenters. The molecule has 0 fully saturated rings. The van der Waals surface area contributed by atoms with Crippen molar-refractivity contribution in [3.05, 3.63) is 0 Å². The van der Waals surface area contributed by atoms with Crippen molar-refractivity contribution in [1.82, 2.24) is 0 Å². The van der Waals surface area contributed by atoms with Crippen molar-refractivity contribution in [2.75, 3.05) is 81.8 Å². The Morgan fingerprint density at radius 1 is 0.556 bits per heavy atom. The molecule has 0 aliphatic rings. The molecule has 0 saturated heterocycles. The predicted octanol–water partition coefficient (Wildman–Crippen LogP) is -5.56. The van der Waals surface area contributed by atoms with Crippen molar-refractivity contribution in [3.63, 3.8) is 0 Å². The highest BCUT2D eigenvalue weighted by Gasteiger charge is 2.06. The summed E-state index contributed by atoms with van der Waals surface area (Å²) in [5.74, 6) is 0. The van der Waals surface area contributed by atoms with E-state index in [9.17, 15) is 0 Å². The Morgan fingerprint density at radius 2 is 0.833 bits per heavy atom. The summed E-state index contributed by atoms with van der Waals surface area (Å²) in [5.41, 5.74) is 0. The molecule has 6 heteroatoms. The largest absolute Gasteiger partial charge is 1.00 e. The number of hydrogen-bond donors (Lipinski definition) is 0. The minimum absolute atomic E-state index is 0. The van der Waals surface area contributed by atoms with Gasteiger partial charge in [-0.3, -0.25) is 0 Å². The van der Waals surface area contributed by atoms with E-state index in [1.54, 1.807) is 0 Å². The molecule has 0 aromatic heterocycles. The Labute approximate surface area is 147 Å². The number of rotatable bonds is 9. The molecule has 0 aromatic rings. The Kier molecular flexibility index (Phi) is 16.3. The van der Waals surface area contributed by atoms with Crippen molar-refractivity contribution in [1.29, 1.82) is 0 Å². The van der Waals surface area contributed by atoms with Crippen molar-refractivity contribution < 1.29 is 66.4 Å². The van der Waals surface area contributed by atoms with E-state index in [0.29, 0.717) is 13.2 Å². The quantitative estimate of drug-likeness (QED) is 0.183. The first-order valence-electron chi connectivity index (χ1n) is 5.97. The Morgan fingerprint density at radius 3 is 1.06 bits per heavy atom. The Balaban J connectivity index is -0.00000112. The third kappa shape index (κ3) is 22.5. The van der Waals surface area contributed by atoms with Crippen molar-refractivity contribution in [2.45, 2.75) is 0 Å². The summed E-state index contributed by atoms with van der Waals surface area (Å²) < 4.78 is 12.9. The van der Waals surface area contributed by atoms with Crippen molar-refractivity contribution in [2.24, 2.45) is 0 Å². The molecule has 0 amide bonds. The molecule has 0 rings (SSSR count). The van der Waals surface area contributed by atoms with Crippen molar-refractivity contribution >= 4 is 0 Å². The minimum Gasteiger partial charge on any atom is -1.00 e. The van der Waals surface area contributed by atoms with Gasteiger partial charge in [-0.25, -0.2) is 0 Å². The molecule has 0 aromatic carbocycles. The number of nitrogens with zero attached hydrogens (tertiary/aromatic N) is 2. The first kappa shape index (κ1) is 24.3. The maximum Gasteiger partial charge on any atom is 0.102 e. The summed E-state index contributed by atoms with van der Waals surface area (Å²) >= 11 is 0. The monoisotopic (exact) mass is 488 g/mol. The number of ether oxygens (including phenoxy) is 2. The van der Waals surface area contributed by atoms with Gasteiger partial charge in [0, 0.05) is 0 Å². The maximum atomic E-state index is 5.50. The van der Waals surface area contributed by atoms with Crippen LogP contribution in [0.2, 0.25) is 0 Å². The van der Waals surface area contributed by atoms with Gasteiger partial charge in [-0.1, -0.05) is 0 Å². The highest BCUT2D eigenvalue weighted by atomic mass is 127. The summed E-state index contributed by atoms with van der Waals surface area (Å²) in [5, 5.41) is 0. The van der Waals surface area contributed by atoms with Gasteiger partial charge >= 0.3 is 0 Å². The summed E-state index contributed by atoms with van der Waals surface area (Å²) in [6.45, 7) is 5.11. The van der Waals surface area contributed by atoms with Gasteiger partial charge in [0.15, 0.2) is 0 Å².